The zero-order valence-electron chi connectivity index (χ0n) is 7.19. The summed E-state index contributed by atoms with van der Waals surface area (Å²) in [6.45, 7) is 0.348. The molecule has 0 radical (unpaired) electrons. The first-order chi connectivity index (χ1) is 6.26. The van der Waals surface area contributed by atoms with Crippen LogP contribution in [-0.4, -0.2) is 40.3 Å². The van der Waals surface area contributed by atoms with E-state index in [1.165, 1.54) is 7.11 Å². The first-order valence-corrected chi connectivity index (χ1v) is 3.66. The van der Waals surface area contributed by atoms with Gasteiger partial charge in [-0.2, -0.15) is 15.0 Å². The fourth-order valence-electron chi connectivity index (χ4n) is 0.710. The predicted molar refractivity (Wildman–Crippen MR) is 46.4 cm³/mol. The van der Waals surface area contributed by atoms with Gasteiger partial charge in [-0.3, -0.25) is 0 Å². The Balaban J connectivity index is 2.76. The number of aromatic nitrogens is 3. The summed E-state index contributed by atoms with van der Waals surface area (Å²) in [6, 6.07) is 0.146. The first kappa shape index (κ1) is 9.46. The molecule has 0 aromatic carbocycles. The summed E-state index contributed by atoms with van der Waals surface area (Å²) in [4.78, 5) is 11.3. The van der Waals surface area contributed by atoms with Crippen LogP contribution in [-0.2, 0) is 0 Å². The van der Waals surface area contributed by atoms with Crippen LogP contribution in [0.1, 0.15) is 0 Å². The molecule has 4 N–H and O–H groups in total. The van der Waals surface area contributed by atoms with Gasteiger partial charge in [0, 0.05) is 6.54 Å². The summed E-state index contributed by atoms with van der Waals surface area (Å²) in [5.41, 5.74) is 5.36. The second kappa shape index (κ2) is 4.41. The number of nitrogens with one attached hydrogen (secondary N) is 1. The Labute approximate surface area is 75.0 Å². The van der Waals surface area contributed by atoms with Gasteiger partial charge in [-0.1, -0.05) is 0 Å². The Morgan fingerprint density at radius 1 is 1.46 bits per heavy atom. The largest absolute Gasteiger partial charge is 0.467 e. The molecule has 0 aliphatic heterocycles. The van der Waals surface area contributed by atoms with Crippen LogP contribution in [0, 0.1) is 0 Å². The Kier molecular flexibility index (Phi) is 3.21. The highest BCUT2D eigenvalue weighted by molar-refractivity contribution is 5.32. The highest BCUT2D eigenvalue weighted by Gasteiger charge is 2.02. The average Bonchev–Trinajstić information content (AvgIpc) is 2.14. The second-order valence-corrected chi connectivity index (χ2v) is 2.15. The number of aliphatic hydroxyl groups is 1. The van der Waals surface area contributed by atoms with Crippen molar-refractivity contribution < 1.29 is 9.84 Å². The highest BCUT2D eigenvalue weighted by atomic mass is 16.5. The van der Waals surface area contributed by atoms with Crippen molar-refractivity contribution in [2.24, 2.45) is 0 Å². The monoisotopic (exact) mass is 185 g/mol. The topological polar surface area (TPSA) is 106 Å². The minimum atomic E-state index is -0.00605. The Bertz CT molecular complexity index is 280. The number of nitrogen functional groups attached to an aromatic ring is 1. The lowest BCUT2D eigenvalue weighted by Gasteiger charge is -2.04. The molecule has 1 aromatic rings. The minimum Gasteiger partial charge on any atom is -0.467 e. The molecular weight excluding hydrogens is 174 g/mol. The van der Waals surface area contributed by atoms with E-state index in [1.807, 2.05) is 0 Å². The number of rotatable bonds is 4. The van der Waals surface area contributed by atoms with Crippen molar-refractivity contribution in [2.75, 3.05) is 31.3 Å². The van der Waals surface area contributed by atoms with E-state index in [1.54, 1.807) is 0 Å². The van der Waals surface area contributed by atoms with E-state index in [2.05, 4.69) is 20.3 Å². The van der Waals surface area contributed by atoms with Gasteiger partial charge in [-0.05, 0) is 0 Å². The van der Waals surface area contributed by atoms with Crippen LogP contribution in [0.4, 0.5) is 11.9 Å². The van der Waals surface area contributed by atoms with Crippen LogP contribution in [0.25, 0.3) is 0 Å². The summed E-state index contributed by atoms with van der Waals surface area (Å²) in [6.07, 6.45) is 0. The zero-order valence-corrected chi connectivity index (χ0v) is 7.19. The second-order valence-electron chi connectivity index (χ2n) is 2.15. The van der Waals surface area contributed by atoms with Gasteiger partial charge in [-0.25, -0.2) is 0 Å². The van der Waals surface area contributed by atoms with Crippen LogP contribution in [0.3, 0.4) is 0 Å². The van der Waals surface area contributed by atoms with Gasteiger partial charge in [-0.15, -0.1) is 0 Å². The van der Waals surface area contributed by atoms with Gasteiger partial charge in [0.2, 0.25) is 11.9 Å². The number of methoxy groups -OCH3 is 1. The number of nitrogens with two attached hydrogens (primary N) is 1. The van der Waals surface area contributed by atoms with Crippen molar-refractivity contribution in [3.8, 4) is 6.01 Å². The molecule has 0 aliphatic rings. The molecule has 1 rings (SSSR count). The van der Waals surface area contributed by atoms with Gasteiger partial charge in [0.15, 0.2) is 0 Å². The first-order valence-electron chi connectivity index (χ1n) is 3.66. The summed E-state index contributed by atoms with van der Waals surface area (Å²) >= 11 is 0. The molecule has 0 spiro atoms. The van der Waals surface area contributed by atoms with Crippen molar-refractivity contribution >= 4 is 11.9 Å². The normalized spacial score (nSPS) is 9.69. The zero-order chi connectivity index (χ0) is 9.68. The number of aliphatic hydroxyl groups excluding tert-OH is 1. The lowest BCUT2D eigenvalue weighted by atomic mass is 10.7. The fraction of sp³-hybridized carbons (Fsp3) is 0.500. The highest BCUT2D eigenvalue weighted by Crippen LogP contribution is 2.07. The number of ether oxygens (including phenoxy) is 1. The van der Waals surface area contributed by atoms with E-state index >= 15 is 0 Å². The van der Waals surface area contributed by atoms with E-state index in [0.717, 1.165) is 0 Å². The van der Waals surface area contributed by atoms with Crippen molar-refractivity contribution in [3.05, 3.63) is 0 Å². The average molecular weight is 185 g/mol. The maximum Gasteiger partial charge on any atom is 0.322 e. The number of anilines is 2. The molecular formula is C6H11N5O2. The van der Waals surface area contributed by atoms with Crippen LogP contribution >= 0.6 is 0 Å². The van der Waals surface area contributed by atoms with Gasteiger partial charge < -0.3 is 20.9 Å². The molecule has 7 heteroatoms. The molecule has 0 aliphatic carbocycles. The Hall–Kier alpha value is -1.63. The standard InChI is InChI=1S/C6H11N5O2/c1-13-6-10-4(7)9-5(11-6)8-2-3-12/h12H,2-3H2,1H3,(H3,7,8,9,10,11). The molecule has 0 fully saturated rings. The molecule has 13 heavy (non-hydrogen) atoms. The van der Waals surface area contributed by atoms with Crippen molar-refractivity contribution in [3.63, 3.8) is 0 Å². The molecule has 1 heterocycles. The number of nitrogens with zero attached hydrogens (tertiary/aromatic N) is 3. The van der Waals surface area contributed by atoms with Crippen LogP contribution in [0.5, 0.6) is 6.01 Å². The number of hydrogen-bond acceptors (Lipinski definition) is 7. The van der Waals surface area contributed by atoms with E-state index < -0.39 is 0 Å². The predicted octanol–water partition coefficient (Wildman–Crippen LogP) is -1.13. The molecule has 0 atom stereocenters. The summed E-state index contributed by atoms with van der Waals surface area (Å²) in [7, 11) is 1.44. The van der Waals surface area contributed by atoms with Gasteiger partial charge in [0.25, 0.3) is 0 Å². The van der Waals surface area contributed by atoms with Crippen molar-refractivity contribution in [1.29, 1.82) is 0 Å². The van der Waals surface area contributed by atoms with Gasteiger partial charge >= 0.3 is 6.01 Å². The summed E-state index contributed by atoms with van der Waals surface area (Å²) in [5.74, 6) is 0.366. The molecule has 72 valence electrons. The van der Waals surface area contributed by atoms with Crippen LogP contribution in [0.15, 0.2) is 0 Å². The summed E-state index contributed by atoms with van der Waals surface area (Å²) < 4.78 is 4.77. The van der Waals surface area contributed by atoms with E-state index in [9.17, 15) is 0 Å². The van der Waals surface area contributed by atoms with Crippen LogP contribution in [0.2, 0.25) is 0 Å². The molecule has 0 saturated carbocycles. The smallest absolute Gasteiger partial charge is 0.322 e. The molecule has 0 amide bonds. The molecule has 0 unspecified atom stereocenters. The van der Waals surface area contributed by atoms with E-state index in [0.29, 0.717) is 12.5 Å². The molecule has 7 nitrogen and oxygen atoms in total. The Morgan fingerprint density at radius 3 is 2.85 bits per heavy atom. The molecule has 0 bridgehead atoms. The third kappa shape index (κ3) is 2.71. The quantitative estimate of drug-likeness (QED) is 0.544. The molecule has 1 aromatic heterocycles. The van der Waals surface area contributed by atoms with Crippen molar-refractivity contribution in [1.82, 2.24) is 15.0 Å². The lowest BCUT2D eigenvalue weighted by Crippen LogP contribution is -2.11. The Morgan fingerprint density at radius 2 is 2.23 bits per heavy atom. The SMILES string of the molecule is COc1nc(N)nc(NCCO)n1. The molecule has 0 saturated heterocycles. The maximum absolute atomic E-state index is 8.53. The maximum atomic E-state index is 8.53. The minimum absolute atomic E-state index is 0.00605. The van der Waals surface area contributed by atoms with E-state index in [4.69, 9.17) is 15.6 Å². The lowest BCUT2D eigenvalue weighted by molar-refractivity contribution is 0.310. The van der Waals surface area contributed by atoms with E-state index in [-0.39, 0.29) is 18.6 Å². The van der Waals surface area contributed by atoms with Gasteiger partial charge in [0.1, 0.15) is 0 Å². The fourth-order valence-corrected chi connectivity index (χ4v) is 0.710. The summed E-state index contributed by atoms with van der Waals surface area (Å²) in [5, 5.41) is 11.3. The van der Waals surface area contributed by atoms with Crippen molar-refractivity contribution in [2.45, 2.75) is 0 Å². The van der Waals surface area contributed by atoms with Gasteiger partial charge in [0.05, 0.1) is 13.7 Å². The third-order valence-electron chi connectivity index (χ3n) is 1.21. The third-order valence-corrected chi connectivity index (χ3v) is 1.21. The number of hydrogen-bond donors (Lipinski definition) is 3. The van der Waals surface area contributed by atoms with Crippen LogP contribution < -0.4 is 15.8 Å².